The van der Waals surface area contributed by atoms with E-state index >= 15 is 0 Å². The van der Waals surface area contributed by atoms with Crippen molar-refractivity contribution in [1.29, 1.82) is 0 Å². The molecule has 15 heavy (non-hydrogen) atoms. The van der Waals surface area contributed by atoms with E-state index in [0.717, 1.165) is 11.5 Å². The number of amides is 1. The second-order valence-corrected chi connectivity index (χ2v) is 3.33. The van der Waals surface area contributed by atoms with E-state index in [0.29, 0.717) is 16.5 Å². The SMILES string of the molecule is Nc1ccc(C(=O)Nc2nnns2)cn1. The van der Waals surface area contributed by atoms with Crippen LogP contribution in [0.4, 0.5) is 10.9 Å². The largest absolute Gasteiger partial charge is 0.384 e. The predicted octanol–water partition coefficient (Wildman–Crippen LogP) is 0.163. The van der Waals surface area contributed by atoms with E-state index < -0.39 is 0 Å². The van der Waals surface area contributed by atoms with Gasteiger partial charge in [-0.25, -0.2) is 4.98 Å². The third-order valence-corrected chi connectivity index (χ3v) is 2.08. The second-order valence-electron chi connectivity index (χ2n) is 2.59. The summed E-state index contributed by atoms with van der Waals surface area (Å²) in [5.74, 6) is 0.0465. The lowest BCUT2D eigenvalue weighted by molar-refractivity contribution is 0.102. The Kier molecular flexibility index (Phi) is 2.50. The average molecular weight is 222 g/mol. The summed E-state index contributed by atoms with van der Waals surface area (Å²) in [5.41, 5.74) is 5.79. The zero-order chi connectivity index (χ0) is 10.7. The molecular weight excluding hydrogens is 216 g/mol. The molecule has 8 heteroatoms. The van der Waals surface area contributed by atoms with Crippen molar-refractivity contribution in [2.45, 2.75) is 0 Å². The van der Waals surface area contributed by atoms with E-state index in [1.54, 1.807) is 12.1 Å². The Morgan fingerprint density at radius 3 is 2.93 bits per heavy atom. The maximum Gasteiger partial charge on any atom is 0.259 e. The van der Waals surface area contributed by atoms with Crippen molar-refractivity contribution < 1.29 is 4.79 Å². The van der Waals surface area contributed by atoms with Crippen molar-refractivity contribution in [3.05, 3.63) is 23.9 Å². The standard InChI is InChI=1S/C7H6N6OS/c8-5-2-1-4(3-9-5)6(14)10-7-11-12-13-15-7/h1-3H,(H2,8,9)(H,10,11,13,14). The highest BCUT2D eigenvalue weighted by molar-refractivity contribution is 7.09. The molecule has 7 nitrogen and oxygen atoms in total. The Hall–Kier alpha value is -2.09. The minimum Gasteiger partial charge on any atom is -0.384 e. The number of rotatable bonds is 2. The third kappa shape index (κ3) is 2.23. The summed E-state index contributed by atoms with van der Waals surface area (Å²) in [5, 5.41) is 9.80. The molecule has 0 spiro atoms. The van der Waals surface area contributed by atoms with Crippen molar-refractivity contribution in [1.82, 2.24) is 19.8 Å². The molecule has 0 aliphatic carbocycles. The Bertz CT molecular complexity index is 453. The molecule has 1 amide bonds. The zero-order valence-corrected chi connectivity index (χ0v) is 8.23. The maximum atomic E-state index is 11.5. The first-order valence-corrected chi connectivity index (χ1v) is 4.71. The number of carbonyl (C=O) groups is 1. The lowest BCUT2D eigenvalue weighted by Crippen LogP contribution is -2.12. The number of hydrogen-bond acceptors (Lipinski definition) is 7. The maximum absolute atomic E-state index is 11.5. The van der Waals surface area contributed by atoms with Crippen molar-refractivity contribution in [3.63, 3.8) is 0 Å². The Morgan fingerprint density at radius 1 is 1.47 bits per heavy atom. The van der Waals surface area contributed by atoms with Crippen LogP contribution in [-0.2, 0) is 0 Å². The molecule has 0 aliphatic rings. The number of nitrogens with one attached hydrogen (secondary N) is 1. The number of carbonyl (C=O) groups excluding carboxylic acids is 1. The molecule has 0 aliphatic heterocycles. The molecule has 2 rings (SSSR count). The van der Waals surface area contributed by atoms with Gasteiger partial charge in [0.15, 0.2) is 0 Å². The molecule has 3 N–H and O–H groups in total. The van der Waals surface area contributed by atoms with Crippen LogP contribution in [0.2, 0.25) is 0 Å². The normalized spacial score (nSPS) is 9.87. The fourth-order valence-corrected chi connectivity index (χ4v) is 1.25. The highest BCUT2D eigenvalue weighted by Crippen LogP contribution is 2.08. The molecule has 0 saturated heterocycles. The van der Waals surface area contributed by atoms with E-state index in [4.69, 9.17) is 5.73 Å². The number of hydrogen-bond donors (Lipinski definition) is 2. The van der Waals surface area contributed by atoms with Crippen LogP contribution in [0.1, 0.15) is 10.4 Å². The molecule has 0 fully saturated rings. The first-order chi connectivity index (χ1) is 7.25. The van der Waals surface area contributed by atoms with Crippen LogP contribution in [0.5, 0.6) is 0 Å². The summed E-state index contributed by atoms with van der Waals surface area (Å²) < 4.78 is 3.51. The molecule has 0 radical (unpaired) electrons. The molecule has 76 valence electrons. The van der Waals surface area contributed by atoms with E-state index in [2.05, 4.69) is 25.1 Å². The molecule has 0 bridgehead atoms. The van der Waals surface area contributed by atoms with Gasteiger partial charge in [0, 0.05) is 17.7 Å². The van der Waals surface area contributed by atoms with Gasteiger partial charge in [-0.2, -0.15) is 0 Å². The number of nitrogens with two attached hydrogens (primary N) is 1. The third-order valence-electron chi connectivity index (χ3n) is 1.57. The van der Waals surface area contributed by atoms with Gasteiger partial charge in [-0.15, -0.1) is 0 Å². The van der Waals surface area contributed by atoms with E-state index in [9.17, 15) is 4.79 Å². The summed E-state index contributed by atoms with van der Waals surface area (Å²) in [4.78, 5) is 15.3. The summed E-state index contributed by atoms with van der Waals surface area (Å²) in [6.07, 6.45) is 1.39. The van der Waals surface area contributed by atoms with Gasteiger partial charge in [0.25, 0.3) is 5.91 Å². The van der Waals surface area contributed by atoms with Crippen LogP contribution in [0.15, 0.2) is 18.3 Å². The molecule has 0 atom stereocenters. The first-order valence-electron chi connectivity index (χ1n) is 3.93. The molecule has 2 heterocycles. The van der Waals surface area contributed by atoms with Crippen LogP contribution in [-0.4, -0.2) is 25.7 Å². The Labute approximate surface area is 88.5 Å². The summed E-state index contributed by atoms with van der Waals surface area (Å²) in [6, 6.07) is 3.12. The summed E-state index contributed by atoms with van der Waals surface area (Å²) >= 11 is 1.000. The van der Waals surface area contributed by atoms with Crippen molar-refractivity contribution in [2.75, 3.05) is 11.1 Å². The van der Waals surface area contributed by atoms with Crippen LogP contribution < -0.4 is 11.1 Å². The molecule has 0 saturated carbocycles. The average Bonchev–Trinajstić information content (AvgIpc) is 2.71. The first kappa shape index (κ1) is 9.46. The van der Waals surface area contributed by atoms with E-state index in [-0.39, 0.29) is 5.91 Å². The van der Waals surface area contributed by atoms with Gasteiger partial charge in [0.1, 0.15) is 5.82 Å². The van der Waals surface area contributed by atoms with Crippen LogP contribution in [0.25, 0.3) is 0 Å². The van der Waals surface area contributed by atoms with Crippen molar-refractivity contribution in [3.8, 4) is 0 Å². The lowest BCUT2D eigenvalue weighted by atomic mass is 10.2. The summed E-state index contributed by atoms with van der Waals surface area (Å²) in [7, 11) is 0. The topological polar surface area (TPSA) is 107 Å². The highest BCUT2D eigenvalue weighted by Gasteiger charge is 2.08. The Morgan fingerprint density at radius 2 is 2.33 bits per heavy atom. The van der Waals surface area contributed by atoms with Crippen molar-refractivity contribution >= 4 is 28.4 Å². The predicted molar refractivity (Wildman–Crippen MR) is 54.3 cm³/mol. The Balaban J connectivity index is 2.11. The van der Waals surface area contributed by atoms with Gasteiger partial charge in [-0.3, -0.25) is 10.1 Å². The van der Waals surface area contributed by atoms with Crippen LogP contribution in [0.3, 0.4) is 0 Å². The minimum absolute atomic E-state index is 0.318. The molecule has 0 unspecified atom stereocenters. The van der Waals surface area contributed by atoms with Gasteiger partial charge in [-0.05, 0) is 17.3 Å². The fourth-order valence-electron chi connectivity index (χ4n) is 0.891. The number of nitrogens with zero attached hydrogens (tertiary/aromatic N) is 4. The minimum atomic E-state index is -0.318. The number of nitrogen functional groups attached to an aromatic ring is 1. The lowest BCUT2D eigenvalue weighted by Gasteiger charge is -1.99. The molecule has 2 aromatic rings. The smallest absolute Gasteiger partial charge is 0.259 e. The molecule has 0 aromatic carbocycles. The zero-order valence-electron chi connectivity index (χ0n) is 7.41. The van der Waals surface area contributed by atoms with Crippen LogP contribution in [0, 0.1) is 0 Å². The van der Waals surface area contributed by atoms with E-state index in [1.807, 2.05) is 0 Å². The van der Waals surface area contributed by atoms with Gasteiger partial charge in [-0.1, -0.05) is 9.59 Å². The fraction of sp³-hybridized carbons (Fsp3) is 0. The van der Waals surface area contributed by atoms with E-state index in [1.165, 1.54) is 6.20 Å². The highest BCUT2D eigenvalue weighted by atomic mass is 32.1. The second kappa shape index (κ2) is 3.96. The summed E-state index contributed by atoms with van der Waals surface area (Å²) in [6.45, 7) is 0. The van der Waals surface area contributed by atoms with Gasteiger partial charge >= 0.3 is 0 Å². The number of aromatic nitrogens is 4. The monoisotopic (exact) mass is 222 g/mol. The molecule has 2 aromatic heterocycles. The number of pyridine rings is 1. The van der Waals surface area contributed by atoms with Gasteiger partial charge in [0.2, 0.25) is 5.13 Å². The quantitative estimate of drug-likeness (QED) is 0.749. The number of anilines is 2. The van der Waals surface area contributed by atoms with Crippen molar-refractivity contribution in [2.24, 2.45) is 0 Å². The van der Waals surface area contributed by atoms with Crippen LogP contribution >= 0.6 is 11.5 Å². The van der Waals surface area contributed by atoms with Gasteiger partial charge in [0.05, 0.1) is 5.56 Å². The molecular formula is C7H6N6OS. The van der Waals surface area contributed by atoms with Gasteiger partial charge < -0.3 is 5.73 Å².